The van der Waals surface area contributed by atoms with Crippen LogP contribution in [0.1, 0.15) is 28.4 Å². The predicted molar refractivity (Wildman–Crippen MR) is 67.1 cm³/mol. The molecule has 2 unspecified atom stereocenters. The molecule has 1 aliphatic rings. The van der Waals surface area contributed by atoms with E-state index in [-0.39, 0.29) is 11.8 Å². The molecule has 0 spiro atoms. The van der Waals surface area contributed by atoms with E-state index in [4.69, 9.17) is 10.5 Å². The highest BCUT2D eigenvalue weighted by Crippen LogP contribution is 2.31. The van der Waals surface area contributed by atoms with Gasteiger partial charge in [0.25, 0.3) is 0 Å². The van der Waals surface area contributed by atoms with E-state index >= 15 is 0 Å². The van der Waals surface area contributed by atoms with Gasteiger partial charge >= 0.3 is 0 Å². The van der Waals surface area contributed by atoms with E-state index in [1.165, 1.54) is 0 Å². The van der Waals surface area contributed by atoms with Gasteiger partial charge in [-0.15, -0.1) is 0 Å². The van der Waals surface area contributed by atoms with Crippen molar-refractivity contribution in [3.8, 4) is 0 Å². The first-order valence-electron chi connectivity index (χ1n) is 5.90. The monoisotopic (exact) mass is 233 g/mol. The number of rotatable bonds is 2. The van der Waals surface area contributed by atoms with Crippen molar-refractivity contribution in [2.75, 3.05) is 13.2 Å². The number of carbonyl (C=O) groups is 1. The smallest absolute Gasteiger partial charge is 0.172 e. The Bertz CT molecular complexity index is 435. The summed E-state index contributed by atoms with van der Waals surface area (Å²) < 4.78 is 5.33. The minimum atomic E-state index is -0.583. The van der Waals surface area contributed by atoms with Crippen LogP contribution in [-0.2, 0) is 4.74 Å². The highest BCUT2D eigenvalue weighted by Gasteiger charge is 2.44. The molecule has 1 heterocycles. The number of hydrogen-bond donors (Lipinski definition) is 1. The second kappa shape index (κ2) is 4.24. The van der Waals surface area contributed by atoms with Crippen LogP contribution in [0.5, 0.6) is 0 Å². The van der Waals surface area contributed by atoms with Gasteiger partial charge in [-0.1, -0.05) is 17.2 Å². The summed E-state index contributed by atoms with van der Waals surface area (Å²) in [6.45, 7) is 6.77. The van der Waals surface area contributed by atoms with Crippen LogP contribution in [0.4, 0.5) is 0 Å². The molecule has 2 rings (SSSR count). The van der Waals surface area contributed by atoms with Crippen LogP contribution in [0.15, 0.2) is 18.2 Å². The molecule has 0 aliphatic carbocycles. The summed E-state index contributed by atoms with van der Waals surface area (Å²) in [5, 5.41) is 0. The van der Waals surface area contributed by atoms with Gasteiger partial charge in [-0.25, -0.2) is 0 Å². The highest BCUT2D eigenvalue weighted by atomic mass is 16.5. The lowest BCUT2D eigenvalue weighted by atomic mass is 9.78. The zero-order chi connectivity index (χ0) is 12.6. The van der Waals surface area contributed by atoms with Gasteiger partial charge in [0.1, 0.15) is 0 Å². The number of nitrogens with two attached hydrogens (primary N) is 1. The van der Waals surface area contributed by atoms with Gasteiger partial charge in [0.2, 0.25) is 0 Å². The Morgan fingerprint density at radius 3 is 2.41 bits per heavy atom. The minimum Gasteiger partial charge on any atom is -0.379 e. The molecule has 0 bridgehead atoms. The van der Waals surface area contributed by atoms with E-state index in [1.54, 1.807) is 0 Å². The van der Waals surface area contributed by atoms with Crippen molar-refractivity contribution in [3.63, 3.8) is 0 Å². The molecule has 1 aliphatic heterocycles. The molecule has 0 amide bonds. The second-order valence-corrected chi connectivity index (χ2v) is 5.24. The van der Waals surface area contributed by atoms with E-state index in [9.17, 15) is 4.79 Å². The molecule has 2 N–H and O–H groups in total. The Labute approximate surface area is 102 Å². The number of hydrogen-bond acceptors (Lipinski definition) is 3. The van der Waals surface area contributed by atoms with Gasteiger partial charge in [-0.2, -0.15) is 0 Å². The lowest BCUT2D eigenvalue weighted by Gasteiger charge is -2.25. The quantitative estimate of drug-likeness (QED) is 0.793. The van der Waals surface area contributed by atoms with E-state index < -0.39 is 5.41 Å². The second-order valence-electron chi connectivity index (χ2n) is 5.24. The van der Waals surface area contributed by atoms with E-state index in [0.717, 1.165) is 16.7 Å². The molecular formula is C14H19NO2. The third-order valence-electron chi connectivity index (χ3n) is 3.52. The van der Waals surface area contributed by atoms with Gasteiger partial charge in [-0.05, 0) is 32.9 Å². The molecule has 3 heteroatoms. The molecule has 2 atom stereocenters. The number of aryl methyl sites for hydroxylation is 2. The van der Waals surface area contributed by atoms with Crippen molar-refractivity contribution in [3.05, 3.63) is 34.9 Å². The average molecular weight is 233 g/mol. The summed E-state index contributed by atoms with van der Waals surface area (Å²) in [6, 6.07) is 5.69. The summed E-state index contributed by atoms with van der Waals surface area (Å²) >= 11 is 0. The first-order valence-corrected chi connectivity index (χ1v) is 5.90. The maximum Gasteiger partial charge on any atom is 0.172 e. The molecule has 1 aromatic carbocycles. The Hall–Kier alpha value is -1.19. The van der Waals surface area contributed by atoms with Gasteiger partial charge in [0, 0.05) is 11.6 Å². The fourth-order valence-electron chi connectivity index (χ4n) is 2.36. The van der Waals surface area contributed by atoms with Gasteiger partial charge in [-0.3, -0.25) is 4.79 Å². The van der Waals surface area contributed by atoms with Crippen LogP contribution < -0.4 is 5.73 Å². The lowest BCUT2D eigenvalue weighted by Crippen LogP contribution is -2.44. The Kier molecular flexibility index (Phi) is 3.06. The van der Waals surface area contributed by atoms with Crippen molar-refractivity contribution in [2.24, 2.45) is 11.1 Å². The maximum atomic E-state index is 12.5. The topological polar surface area (TPSA) is 52.3 Å². The standard InChI is InChI=1S/C14H19NO2/c1-9-4-10(2)6-11(5-9)13(16)14(3)8-17-7-12(14)15/h4-6,12H,7-8,15H2,1-3H3. The molecule has 1 fully saturated rings. The highest BCUT2D eigenvalue weighted by molar-refractivity contribution is 6.01. The van der Waals surface area contributed by atoms with Crippen molar-refractivity contribution < 1.29 is 9.53 Å². The van der Waals surface area contributed by atoms with Crippen molar-refractivity contribution in [1.82, 2.24) is 0 Å². The number of benzene rings is 1. The van der Waals surface area contributed by atoms with Gasteiger partial charge in [0.05, 0.1) is 18.6 Å². The fourth-order valence-corrected chi connectivity index (χ4v) is 2.36. The summed E-state index contributed by atoms with van der Waals surface area (Å²) in [7, 11) is 0. The van der Waals surface area contributed by atoms with Gasteiger partial charge in [0.15, 0.2) is 5.78 Å². The van der Waals surface area contributed by atoms with E-state index in [2.05, 4.69) is 6.07 Å². The number of carbonyl (C=O) groups excluding carboxylic acids is 1. The number of ether oxygens (including phenoxy) is 1. The lowest BCUT2D eigenvalue weighted by molar-refractivity contribution is 0.0767. The summed E-state index contributed by atoms with van der Waals surface area (Å²) in [5.41, 5.74) is 8.34. The Morgan fingerprint density at radius 2 is 1.94 bits per heavy atom. The first kappa shape index (κ1) is 12.3. The van der Waals surface area contributed by atoms with Crippen LogP contribution in [0, 0.1) is 19.3 Å². The van der Waals surface area contributed by atoms with Crippen molar-refractivity contribution >= 4 is 5.78 Å². The van der Waals surface area contributed by atoms with Crippen LogP contribution >= 0.6 is 0 Å². The predicted octanol–water partition coefficient (Wildman–Crippen LogP) is 1.85. The maximum absolute atomic E-state index is 12.5. The largest absolute Gasteiger partial charge is 0.379 e. The molecule has 0 saturated carbocycles. The zero-order valence-electron chi connectivity index (χ0n) is 10.6. The summed E-state index contributed by atoms with van der Waals surface area (Å²) in [5.74, 6) is 0.0919. The molecule has 1 saturated heterocycles. The molecule has 0 radical (unpaired) electrons. The first-order chi connectivity index (χ1) is 7.93. The third-order valence-corrected chi connectivity index (χ3v) is 3.52. The minimum absolute atomic E-state index is 0.0919. The van der Waals surface area contributed by atoms with Crippen LogP contribution in [-0.4, -0.2) is 25.0 Å². The Morgan fingerprint density at radius 1 is 1.35 bits per heavy atom. The SMILES string of the molecule is Cc1cc(C)cc(C(=O)C2(C)COCC2N)c1. The van der Waals surface area contributed by atoms with E-state index in [0.29, 0.717) is 13.2 Å². The average Bonchev–Trinajstić information content (AvgIpc) is 2.58. The summed E-state index contributed by atoms with van der Waals surface area (Å²) in [4.78, 5) is 12.5. The zero-order valence-corrected chi connectivity index (χ0v) is 10.6. The molecule has 3 nitrogen and oxygen atoms in total. The van der Waals surface area contributed by atoms with Gasteiger partial charge < -0.3 is 10.5 Å². The molecule has 17 heavy (non-hydrogen) atoms. The fraction of sp³-hybridized carbons (Fsp3) is 0.500. The number of Topliss-reactive ketones (excluding diaryl/α,β-unsaturated/α-hetero) is 1. The van der Waals surface area contributed by atoms with Crippen LogP contribution in [0.2, 0.25) is 0 Å². The van der Waals surface area contributed by atoms with Crippen molar-refractivity contribution in [1.29, 1.82) is 0 Å². The van der Waals surface area contributed by atoms with Crippen LogP contribution in [0.25, 0.3) is 0 Å². The van der Waals surface area contributed by atoms with E-state index in [1.807, 2.05) is 32.9 Å². The normalized spacial score (nSPS) is 28.4. The Balaban J connectivity index is 2.37. The molecule has 1 aromatic rings. The molecule has 0 aromatic heterocycles. The number of ketones is 1. The summed E-state index contributed by atoms with van der Waals surface area (Å²) in [6.07, 6.45) is 0. The third kappa shape index (κ3) is 2.13. The van der Waals surface area contributed by atoms with Crippen molar-refractivity contribution in [2.45, 2.75) is 26.8 Å². The molecular weight excluding hydrogens is 214 g/mol. The van der Waals surface area contributed by atoms with Crippen LogP contribution in [0.3, 0.4) is 0 Å². The molecule has 92 valence electrons.